The smallest absolute Gasteiger partial charge is 0.273 e. The van der Waals surface area contributed by atoms with Gasteiger partial charge in [-0.3, -0.25) is 9.48 Å². The maximum Gasteiger partial charge on any atom is 0.273 e. The summed E-state index contributed by atoms with van der Waals surface area (Å²) in [4.78, 5) is 14.8. The molecule has 0 saturated carbocycles. The fourth-order valence-electron chi connectivity index (χ4n) is 2.74. The Bertz CT molecular complexity index is 674. The number of hydrogen-bond donors (Lipinski definition) is 1. The molecule has 0 aliphatic carbocycles. The molecule has 1 aromatic carbocycles. The summed E-state index contributed by atoms with van der Waals surface area (Å²) in [5.41, 5.74) is 3.49. The Labute approximate surface area is 141 Å². The molecule has 1 N–H and O–H groups in total. The predicted molar refractivity (Wildman–Crippen MR) is 96.6 cm³/mol. The highest BCUT2D eigenvalue weighted by molar-refractivity contribution is 7.99. The van der Waals surface area contributed by atoms with Crippen LogP contribution in [-0.4, -0.2) is 40.3 Å². The SMILES string of the molecule is CCn1nc(C)cc1C(=O)Nc1ccc(N2CCSCC2)cc1. The zero-order chi connectivity index (χ0) is 16.2. The van der Waals surface area contributed by atoms with Crippen LogP contribution in [-0.2, 0) is 6.54 Å². The van der Waals surface area contributed by atoms with Gasteiger partial charge in [0.15, 0.2) is 0 Å². The molecule has 5 nitrogen and oxygen atoms in total. The maximum atomic E-state index is 12.4. The number of rotatable bonds is 4. The van der Waals surface area contributed by atoms with Crippen molar-refractivity contribution in [3.63, 3.8) is 0 Å². The first-order valence-electron chi connectivity index (χ1n) is 7.96. The average Bonchev–Trinajstić information content (AvgIpc) is 2.97. The highest BCUT2D eigenvalue weighted by atomic mass is 32.2. The quantitative estimate of drug-likeness (QED) is 0.936. The first-order valence-corrected chi connectivity index (χ1v) is 9.11. The van der Waals surface area contributed by atoms with Crippen molar-refractivity contribution in [1.29, 1.82) is 0 Å². The molecule has 2 aromatic rings. The summed E-state index contributed by atoms with van der Waals surface area (Å²) in [6.45, 7) is 6.74. The number of aryl methyl sites for hydroxylation is 2. The topological polar surface area (TPSA) is 50.2 Å². The van der Waals surface area contributed by atoms with Gasteiger partial charge >= 0.3 is 0 Å². The van der Waals surface area contributed by atoms with Gasteiger partial charge in [0, 0.05) is 42.5 Å². The minimum absolute atomic E-state index is 0.116. The molecule has 0 unspecified atom stereocenters. The van der Waals surface area contributed by atoms with Crippen LogP contribution >= 0.6 is 11.8 Å². The number of carbonyl (C=O) groups is 1. The number of carbonyl (C=O) groups excluding carboxylic acids is 1. The van der Waals surface area contributed by atoms with E-state index in [1.807, 2.05) is 43.8 Å². The van der Waals surface area contributed by atoms with E-state index in [4.69, 9.17) is 0 Å². The lowest BCUT2D eigenvalue weighted by Gasteiger charge is -2.28. The van der Waals surface area contributed by atoms with E-state index in [9.17, 15) is 4.79 Å². The van der Waals surface area contributed by atoms with Crippen molar-refractivity contribution in [3.8, 4) is 0 Å². The van der Waals surface area contributed by atoms with Crippen LogP contribution in [0.25, 0.3) is 0 Å². The summed E-state index contributed by atoms with van der Waals surface area (Å²) in [5, 5.41) is 7.27. The van der Waals surface area contributed by atoms with Gasteiger partial charge in [-0.05, 0) is 44.2 Å². The van der Waals surface area contributed by atoms with Gasteiger partial charge in [0.25, 0.3) is 5.91 Å². The van der Waals surface area contributed by atoms with E-state index in [-0.39, 0.29) is 5.91 Å². The summed E-state index contributed by atoms with van der Waals surface area (Å²) in [6, 6.07) is 9.91. The van der Waals surface area contributed by atoms with Crippen LogP contribution in [0.15, 0.2) is 30.3 Å². The highest BCUT2D eigenvalue weighted by Crippen LogP contribution is 2.21. The van der Waals surface area contributed by atoms with Crippen molar-refractivity contribution < 1.29 is 4.79 Å². The number of anilines is 2. The van der Waals surface area contributed by atoms with Gasteiger partial charge in [-0.1, -0.05) is 0 Å². The molecule has 0 atom stereocenters. The van der Waals surface area contributed by atoms with Crippen molar-refractivity contribution in [3.05, 3.63) is 41.7 Å². The molecule has 1 amide bonds. The average molecular weight is 330 g/mol. The molecule has 2 heterocycles. The molecule has 3 rings (SSSR count). The molecule has 1 fully saturated rings. The summed E-state index contributed by atoms with van der Waals surface area (Å²) < 4.78 is 1.73. The van der Waals surface area contributed by atoms with Crippen molar-refractivity contribution in [2.45, 2.75) is 20.4 Å². The van der Waals surface area contributed by atoms with E-state index in [0.29, 0.717) is 12.2 Å². The number of hydrogen-bond acceptors (Lipinski definition) is 4. The fourth-order valence-corrected chi connectivity index (χ4v) is 3.64. The molecule has 23 heavy (non-hydrogen) atoms. The number of aromatic nitrogens is 2. The van der Waals surface area contributed by atoms with E-state index in [1.165, 1.54) is 17.2 Å². The van der Waals surface area contributed by atoms with Crippen LogP contribution in [0.5, 0.6) is 0 Å². The van der Waals surface area contributed by atoms with Gasteiger partial charge in [0.1, 0.15) is 5.69 Å². The van der Waals surface area contributed by atoms with Crippen LogP contribution in [0.3, 0.4) is 0 Å². The minimum atomic E-state index is -0.116. The van der Waals surface area contributed by atoms with Crippen LogP contribution in [0.2, 0.25) is 0 Å². The largest absolute Gasteiger partial charge is 0.370 e. The molecular formula is C17H22N4OS. The first-order chi connectivity index (χ1) is 11.2. The standard InChI is InChI=1S/C17H22N4OS/c1-3-21-16(12-13(2)19-21)17(22)18-14-4-6-15(7-5-14)20-8-10-23-11-9-20/h4-7,12H,3,8-11H2,1-2H3,(H,18,22). The van der Waals surface area contributed by atoms with E-state index in [1.54, 1.807) is 4.68 Å². The monoisotopic (exact) mass is 330 g/mol. The lowest BCUT2D eigenvalue weighted by Crippen LogP contribution is -2.32. The van der Waals surface area contributed by atoms with Gasteiger partial charge in [-0.25, -0.2) is 0 Å². The Morgan fingerprint density at radius 1 is 1.26 bits per heavy atom. The van der Waals surface area contributed by atoms with Gasteiger partial charge in [-0.2, -0.15) is 16.9 Å². The van der Waals surface area contributed by atoms with Crippen LogP contribution < -0.4 is 10.2 Å². The second kappa shape index (κ2) is 7.08. The molecule has 1 saturated heterocycles. The summed E-state index contributed by atoms with van der Waals surface area (Å²) in [6.07, 6.45) is 0. The van der Waals surface area contributed by atoms with E-state index in [0.717, 1.165) is 24.5 Å². The molecule has 1 aliphatic rings. The molecule has 1 aromatic heterocycles. The van der Waals surface area contributed by atoms with Crippen molar-refractivity contribution in [1.82, 2.24) is 9.78 Å². The molecule has 0 bridgehead atoms. The third kappa shape index (κ3) is 3.69. The van der Waals surface area contributed by atoms with E-state index in [2.05, 4.69) is 27.4 Å². The lowest BCUT2D eigenvalue weighted by molar-refractivity contribution is 0.101. The van der Waals surface area contributed by atoms with Crippen molar-refractivity contribution >= 4 is 29.0 Å². The maximum absolute atomic E-state index is 12.4. The number of thioether (sulfide) groups is 1. The third-order valence-electron chi connectivity index (χ3n) is 3.94. The normalized spacial score (nSPS) is 14.8. The summed E-state index contributed by atoms with van der Waals surface area (Å²) in [7, 11) is 0. The molecule has 1 aliphatic heterocycles. The Morgan fingerprint density at radius 3 is 2.61 bits per heavy atom. The highest BCUT2D eigenvalue weighted by Gasteiger charge is 2.14. The predicted octanol–water partition coefficient (Wildman–Crippen LogP) is 3.02. The molecule has 6 heteroatoms. The number of nitrogens with one attached hydrogen (secondary N) is 1. The van der Waals surface area contributed by atoms with Crippen LogP contribution in [0.4, 0.5) is 11.4 Å². The number of benzene rings is 1. The Balaban J connectivity index is 1.69. The molecular weight excluding hydrogens is 308 g/mol. The zero-order valence-corrected chi connectivity index (χ0v) is 14.4. The van der Waals surface area contributed by atoms with Gasteiger partial charge in [0.2, 0.25) is 0 Å². The van der Waals surface area contributed by atoms with E-state index < -0.39 is 0 Å². The third-order valence-corrected chi connectivity index (χ3v) is 4.88. The lowest BCUT2D eigenvalue weighted by atomic mass is 10.2. The van der Waals surface area contributed by atoms with Crippen molar-refractivity contribution in [2.75, 3.05) is 34.8 Å². The Hall–Kier alpha value is -1.95. The second-order valence-electron chi connectivity index (χ2n) is 5.59. The Kier molecular flexibility index (Phi) is 4.91. The number of nitrogens with zero attached hydrogens (tertiary/aromatic N) is 3. The van der Waals surface area contributed by atoms with Crippen LogP contribution in [0, 0.1) is 6.92 Å². The van der Waals surface area contributed by atoms with Gasteiger partial charge in [0.05, 0.1) is 5.69 Å². The molecule has 0 spiro atoms. The minimum Gasteiger partial charge on any atom is -0.370 e. The Morgan fingerprint density at radius 2 is 1.96 bits per heavy atom. The van der Waals surface area contributed by atoms with Crippen molar-refractivity contribution in [2.24, 2.45) is 0 Å². The summed E-state index contributed by atoms with van der Waals surface area (Å²) >= 11 is 2.00. The zero-order valence-electron chi connectivity index (χ0n) is 13.6. The van der Waals surface area contributed by atoms with Gasteiger partial charge in [-0.15, -0.1) is 0 Å². The summed E-state index contributed by atoms with van der Waals surface area (Å²) in [5.74, 6) is 2.24. The molecule has 122 valence electrons. The van der Waals surface area contributed by atoms with E-state index >= 15 is 0 Å². The second-order valence-corrected chi connectivity index (χ2v) is 6.81. The fraction of sp³-hybridized carbons (Fsp3) is 0.412. The first kappa shape index (κ1) is 15.9. The number of amides is 1. The van der Waals surface area contributed by atoms with Crippen LogP contribution in [0.1, 0.15) is 23.1 Å². The van der Waals surface area contributed by atoms with Gasteiger partial charge < -0.3 is 10.2 Å². The molecule has 0 radical (unpaired) electrons.